The maximum absolute atomic E-state index is 11.0. The number of nitrogens with two attached hydrogens (primary N) is 1. The highest BCUT2D eigenvalue weighted by Crippen LogP contribution is 2.34. The van der Waals surface area contributed by atoms with E-state index in [9.17, 15) is 8.42 Å². The van der Waals surface area contributed by atoms with Crippen LogP contribution < -0.4 is 14.8 Å². The molecule has 0 atom stereocenters. The molecule has 146 valence electrons. The Bertz CT molecular complexity index is 969. The van der Waals surface area contributed by atoms with Crippen molar-refractivity contribution >= 4 is 26.9 Å². The predicted molar refractivity (Wildman–Crippen MR) is 104 cm³/mol. The highest BCUT2D eigenvalue weighted by Gasteiger charge is 2.31. The van der Waals surface area contributed by atoms with Crippen LogP contribution in [-0.4, -0.2) is 51.2 Å². The molecule has 3 heterocycles. The van der Waals surface area contributed by atoms with E-state index >= 15 is 0 Å². The molecule has 4 rings (SSSR count). The van der Waals surface area contributed by atoms with Gasteiger partial charge in [-0.1, -0.05) is 0 Å². The summed E-state index contributed by atoms with van der Waals surface area (Å²) in [4.78, 5) is 11.9. The third kappa shape index (κ3) is 3.91. The summed E-state index contributed by atoms with van der Waals surface area (Å²) in [7, 11) is -3.61. The number of aryl methyl sites for hydroxylation is 2. The minimum atomic E-state index is -3.61. The monoisotopic (exact) mass is 391 g/mol. The minimum Gasteiger partial charge on any atom is -0.380 e. The molecule has 2 aliphatic rings. The quantitative estimate of drug-likeness (QED) is 0.759. The van der Waals surface area contributed by atoms with Gasteiger partial charge in [0.2, 0.25) is 0 Å². The van der Waals surface area contributed by atoms with Crippen LogP contribution in [0.25, 0.3) is 10.9 Å². The Kier molecular flexibility index (Phi) is 4.79. The molecule has 3 N–H and O–H groups in total. The summed E-state index contributed by atoms with van der Waals surface area (Å²) in [6.45, 7) is 7.63. The number of hydrogen-bond acceptors (Lipinski definition) is 6. The van der Waals surface area contributed by atoms with Gasteiger partial charge in [0.05, 0.1) is 24.6 Å². The molecule has 0 spiro atoms. The van der Waals surface area contributed by atoms with Crippen molar-refractivity contribution < 1.29 is 13.2 Å². The van der Waals surface area contributed by atoms with Crippen LogP contribution in [0.3, 0.4) is 0 Å². The topological polar surface area (TPSA) is 110 Å². The summed E-state index contributed by atoms with van der Waals surface area (Å²) in [5.74, 6) is 2.52. The molecule has 27 heavy (non-hydrogen) atoms. The van der Waals surface area contributed by atoms with Crippen LogP contribution in [-0.2, 0) is 14.9 Å². The summed E-state index contributed by atoms with van der Waals surface area (Å²) in [5, 5.41) is 6.05. The smallest absolute Gasteiger partial charge is 0.274 e. The summed E-state index contributed by atoms with van der Waals surface area (Å²) < 4.78 is 29.6. The lowest BCUT2D eigenvalue weighted by molar-refractivity contribution is 0.00501. The Hall–Kier alpha value is -1.81. The Morgan fingerprint density at radius 3 is 2.56 bits per heavy atom. The summed E-state index contributed by atoms with van der Waals surface area (Å²) in [6, 6.07) is 4.29. The average Bonchev–Trinajstić information content (AvgIpc) is 2.48. The van der Waals surface area contributed by atoms with Gasteiger partial charge >= 0.3 is 0 Å². The molecule has 2 aromatic rings. The van der Waals surface area contributed by atoms with E-state index in [2.05, 4.69) is 35.6 Å². The van der Waals surface area contributed by atoms with Crippen molar-refractivity contribution in [2.75, 3.05) is 37.7 Å². The molecule has 1 aromatic heterocycles. The van der Waals surface area contributed by atoms with Crippen LogP contribution in [0.4, 0.5) is 5.82 Å². The fourth-order valence-electron chi connectivity index (χ4n) is 3.53. The maximum Gasteiger partial charge on any atom is 0.274 e. The molecule has 0 bridgehead atoms. The lowest BCUT2D eigenvalue weighted by Gasteiger charge is -2.41. The van der Waals surface area contributed by atoms with Gasteiger partial charge in [0.25, 0.3) is 10.2 Å². The third-order valence-electron chi connectivity index (χ3n) is 5.42. The van der Waals surface area contributed by atoms with Gasteiger partial charge < -0.3 is 9.64 Å². The van der Waals surface area contributed by atoms with Crippen molar-refractivity contribution in [1.29, 1.82) is 0 Å². The lowest BCUT2D eigenvalue weighted by Crippen LogP contribution is -2.48. The van der Waals surface area contributed by atoms with E-state index in [0.29, 0.717) is 25.7 Å². The van der Waals surface area contributed by atoms with Crippen molar-refractivity contribution in [3.63, 3.8) is 0 Å². The van der Waals surface area contributed by atoms with Crippen LogP contribution in [0.15, 0.2) is 12.1 Å². The predicted octanol–water partition coefficient (Wildman–Crippen LogP) is 0.980. The van der Waals surface area contributed by atoms with Gasteiger partial charge in [-0.3, -0.25) is 0 Å². The van der Waals surface area contributed by atoms with E-state index in [4.69, 9.17) is 19.8 Å². The first-order valence-electron chi connectivity index (χ1n) is 9.19. The van der Waals surface area contributed by atoms with E-state index < -0.39 is 10.2 Å². The fourth-order valence-corrected chi connectivity index (χ4v) is 3.93. The van der Waals surface area contributed by atoms with Gasteiger partial charge in [-0.25, -0.2) is 19.8 Å². The van der Waals surface area contributed by atoms with E-state index in [1.54, 1.807) is 0 Å². The Balaban J connectivity index is 1.55. The van der Waals surface area contributed by atoms with Crippen molar-refractivity contribution in [3.05, 3.63) is 29.1 Å². The summed E-state index contributed by atoms with van der Waals surface area (Å²) >= 11 is 0. The number of benzene rings is 1. The molecular formula is C18H25N5O3S. The van der Waals surface area contributed by atoms with Gasteiger partial charge in [0.1, 0.15) is 11.6 Å². The molecule has 0 radical (unpaired) electrons. The zero-order chi connectivity index (χ0) is 19.2. The van der Waals surface area contributed by atoms with Crippen molar-refractivity contribution in [2.24, 2.45) is 11.1 Å². The molecule has 2 fully saturated rings. The molecule has 2 saturated heterocycles. The van der Waals surface area contributed by atoms with E-state index in [0.717, 1.165) is 42.1 Å². The molecule has 0 unspecified atom stereocenters. The van der Waals surface area contributed by atoms with E-state index in [1.807, 2.05) is 0 Å². The summed E-state index contributed by atoms with van der Waals surface area (Å²) in [5.41, 5.74) is 3.42. The number of rotatable bonds is 6. The van der Waals surface area contributed by atoms with Crippen LogP contribution >= 0.6 is 0 Å². The van der Waals surface area contributed by atoms with Crippen molar-refractivity contribution in [3.8, 4) is 0 Å². The van der Waals surface area contributed by atoms with Gasteiger partial charge in [-0.2, -0.15) is 8.42 Å². The average molecular weight is 391 g/mol. The van der Waals surface area contributed by atoms with E-state index in [-0.39, 0.29) is 5.92 Å². The van der Waals surface area contributed by atoms with Gasteiger partial charge in [0, 0.05) is 25.0 Å². The zero-order valence-corrected chi connectivity index (χ0v) is 16.4. The number of ether oxygens (including phenoxy) is 1. The van der Waals surface area contributed by atoms with E-state index in [1.165, 1.54) is 11.1 Å². The summed E-state index contributed by atoms with van der Waals surface area (Å²) in [6.07, 6.45) is 0.761. The van der Waals surface area contributed by atoms with Gasteiger partial charge in [-0.05, 0) is 49.4 Å². The highest BCUT2D eigenvalue weighted by molar-refractivity contribution is 7.87. The normalized spacial score (nSPS) is 18.6. The molecule has 0 saturated carbocycles. The van der Waals surface area contributed by atoms with Crippen LogP contribution in [0, 0.1) is 19.8 Å². The largest absolute Gasteiger partial charge is 0.380 e. The van der Waals surface area contributed by atoms with Crippen LogP contribution in [0.2, 0.25) is 0 Å². The second-order valence-electron chi connectivity index (χ2n) is 7.59. The number of aromatic nitrogens is 2. The van der Waals surface area contributed by atoms with Crippen molar-refractivity contribution in [1.82, 2.24) is 14.7 Å². The van der Waals surface area contributed by atoms with Crippen LogP contribution in [0.5, 0.6) is 0 Å². The first-order chi connectivity index (χ1) is 12.8. The molecule has 1 aromatic carbocycles. The molecule has 0 amide bonds. The molecule has 2 aliphatic heterocycles. The van der Waals surface area contributed by atoms with Crippen LogP contribution in [0.1, 0.15) is 29.3 Å². The van der Waals surface area contributed by atoms with Crippen molar-refractivity contribution in [2.45, 2.75) is 26.2 Å². The third-order valence-corrected chi connectivity index (χ3v) is 6.03. The van der Waals surface area contributed by atoms with Gasteiger partial charge in [-0.15, -0.1) is 0 Å². The zero-order valence-electron chi connectivity index (χ0n) is 15.6. The number of anilines is 1. The molecule has 8 nitrogen and oxygen atoms in total. The second kappa shape index (κ2) is 6.97. The Labute approximate surface area is 159 Å². The SMILES string of the molecule is Cc1cc2nc(C3COC3)nc(N3CC(CCNS(N)(=O)=O)C3)c2cc1C. The first-order valence-corrected chi connectivity index (χ1v) is 10.7. The minimum absolute atomic E-state index is 0.269. The fraction of sp³-hybridized carbons (Fsp3) is 0.556. The number of hydrogen-bond donors (Lipinski definition) is 2. The first kappa shape index (κ1) is 18.5. The number of nitrogens with one attached hydrogen (secondary N) is 1. The second-order valence-corrected chi connectivity index (χ2v) is 8.97. The molecule has 0 aliphatic carbocycles. The highest BCUT2D eigenvalue weighted by atomic mass is 32.2. The maximum atomic E-state index is 11.0. The lowest BCUT2D eigenvalue weighted by atomic mass is 9.95. The number of nitrogens with zero attached hydrogens (tertiary/aromatic N) is 3. The Morgan fingerprint density at radius 2 is 1.93 bits per heavy atom. The number of fused-ring (bicyclic) bond motifs is 1. The molecular weight excluding hydrogens is 366 g/mol. The Morgan fingerprint density at radius 1 is 1.22 bits per heavy atom. The molecule has 9 heteroatoms. The standard InChI is InChI=1S/C18H25N5O3S/c1-11-5-15-16(6-12(11)2)21-17(14-9-26-10-14)22-18(15)23-7-13(8-23)3-4-20-27(19,24)25/h5-6,13-14,20H,3-4,7-10H2,1-2H3,(H2,19,24,25). The van der Waals surface area contributed by atoms with Gasteiger partial charge in [0.15, 0.2) is 0 Å².